The first-order valence-corrected chi connectivity index (χ1v) is 6.98. The van der Waals surface area contributed by atoms with E-state index in [4.69, 9.17) is 5.11 Å². The van der Waals surface area contributed by atoms with E-state index in [9.17, 15) is 14.0 Å². The number of urea groups is 1. The Bertz CT molecular complexity index is 551. The average Bonchev–Trinajstić information content (AvgIpc) is 2.37. The highest BCUT2D eigenvalue weighted by atomic mass is 79.9. The molecule has 2 N–H and O–H groups in total. The van der Waals surface area contributed by atoms with Gasteiger partial charge in [-0.3, -0.25) is 4.79 Å². The molecule has 0 fully saturated rings. The van der Waals surface area contributed by atoms with Gasteiger partial charge in [0.15, 0.2) is 0 Å². The lowest BCUT2D eigenvalue weighted by Gasteiger charge is -2.29. The Morgan fingerprint density at radius 2 is 2.20 bits per heavy atom. The van der Waals surface area contributed by atoms with Crippen molar-refractivity contribution >= 4 is 27.9 Å². The Labute approximate surface area is 123 Å². The summed E-state index contributed by atoms with van der Waals surface area (Å²) in [4.78, 5) is 23.7. The molecule has 0 radical (unpaired) electrons. The molecule has 0 saturated heterocycles. The lowest BCUT2D eigenvalue weighted by Crippen LogP contribution is -2.43. The maximum Gasteiger partial charge on any atom is 0.317 e. The molecule has 1 aliphatic heterocycles. The molecule has 108 valence electrons. The Balaban J connectivity index is 2.00. The van der Waals surface area contributed by atoms with Gasteiger partial charge < -0.3 is 15.3 Å². The third-order valence-electron chi connectivity index (χ3n) is 3.15. The number of hydrogen-bond acceptors (Lipinski definition) is 2. The van der Waals surface area contributed by atoms with E-state index in [2.05, 4.69) is 21.2 Å². The highest BCUT2D eigenvalue weighted by Gasteiger charge is 2.23. The van der Waals surface area contributed by atoms with Gasteiger partial charge in [0.1, 0.15) is 5.82 Å². The lowest BCUT2D eigenvalue weighted by atomic mass is 9.99. The predicted molar refractivity (Wildman–Crippen MR) is 73.9 cm³/mol. The molecule has 1 aliphatic rings. The van der Waals surface area contributed by atoms with Crippen molar-refractivity contribution in [2.45, 2.75) is 19.4 Å². The number of carboxylic acids is 1. The topological polar surface area (TPSA) is 69.6 Å². The van der Waals surface area contributed by atoms with Crippen molar-refractivity contribution in [1.82, 2.24) is 10.2 Å². The molecule has 0 aromatic heterocycles. The molecule has 1 aromatic carbocycles. The minimum Gasteiger partial charge on any atom is -0.481 e. The maximum atomic E-state index is 13.9. The largest absolute Gasteiger partial charge is 0.481 e. The standard InChI is InChI=1S/C13H14BrFN2O3/c14-9-5-8-2-4-17(7-10(8)11(15)6-9)13(20)16-3-1-12(18)19/h5-6H,1-4,7H2,(H,16,20)(H,18,19). The number of carbonyl (C=O) groups is 2. The number of nitrogens with one attached hydrogen (secondary N) is 1. The van der Waals surface area contributed by atoms with Crippen LogP contribution in [0.15, 0.2) is 16.6 Å². The molecular formula is C13H14BrFN2O3. The van der Waals surface area contributed by atoms with Crippen LogP contribution in [0.2, 0.25) is 0 Å². The minimum absolute atomic E-state index is 0.0698. The highest BCUT2D eigenvalue weighted by molar-refractivity contribution is 9.10. The number of benzene rings is 1. The molecule has 0 atom stereocenters. The Morgan fingerprint density at radius 1 is 1.45 bits per heavy atom. The molecule has 5 nitrogen and oxygen atoms in total. The smallest absolute Gasteiger partial charge is 0.317 e. The van der Waals surface area contributed by atoms with Crippen LogP contribution in [-0.2, 0) is 17.8 Å². The summed E-state index contributed by atoms with van der Waals surface area (Å²) in [5, 5.41) is 11.0. The molecule has 0 saturated carbocycles. The van der Waals surface area contributed by atoms with E-state index in [-0.39, 0.29) is 31.4 Å². The van der Waals surface area contributed by atoms with E-state index in [0.717, 1.165) is 5.56 Å². The summed E-state index contributed by atoms with van der Waals surface area (Å²) in [5.74, 6) is -1.30. The Hall–Kier alpha value is -1.63. The summed E-state index contributed by atoms with van der Waals surface area (Å²) in [5.41, 5.74) is 1.42. The number of fused-ring (bicyclic) bond motifs is 1. The second kappa shape index (κ2) is 6.21. The molecule has 0 unspecified atom stereocenters. The number of rotatable bonds is 3. The zero-order valence-corrected chi connectivity index (χ0v) is 12.2. The fourth-order valence-electron chi connectivity index (χ4n) is 2.14. The van der Waals surface area contributed by atoms with E-state index in [0.29, 0.717) is 23.0 Å². The van der Waals surface area contributed by atoms with E-state index >= 15 is 0 Å². The van der Waals surface area contributed by atoms with Crippen molar-refractivity contribution < 1.29 is 19.1 Å². The minimum atomic E-state index is -0.967. The van der Waals surface area contributed by atoms with Gasteiger partial charge in [0.2, 0.25) is 0 Å². The summed E-state index contributed by atoms with van der Waals surface area (Å²) >= 11 is 3.24. The van der Waals surface area contributed by atoms with E-state index in [1.165, 1.54) is 11.0 Å². The summed E-state index contributed by atoms with van der Waals surface area (Å²) in [7, 11) is 0. The van der Waals surface area contributed by atoms with Gasteiger partial charge >= 0.3 is 12.0 Å². The van der Waals surface area contributed by atoms with Gasteiger partial charge in [0, 0.05) is 23.1 Å². The van der Waals surface area contributed by atoms with Gasteiger partial charge in [-0.05, 0) is 24.1 Å². The molecule has 0 spiro atoms. The van der Waals surface area contributed by atoms with Gasteiger partial charge in [-0.25, -0.2) is 9.18 Å². The zero-order chi connectivity index (χ0) is 14.7. The number of halogens is 2. The van der Waals surface area contributed by atoms with Crippen molar-refractivity contribution in [3.8, 4) is 0 Å². The monoisotopic (exact) mass is 344 g/mol. The van der Waals surface area contributed by atoms with Gasteiger partial charge in [-0.1, -0.05) is 15.9 Å². The molecule has 7 heteroatoms. The molecule has 20 heavy (non-hydrogen) atoms. The molecule has 1 heterocycles. The predicted octanol–water partition coefficient (Wildman–Crippen LogP) is 2.13. The summed E-state index contributed by atoms with van der Waals surface area (Å²) in [6, 6.07) is 2.88. The first kappa shape index (κ1) is 14.8. The molecular weight excluding hydrogens is 331 g/mol. The van der Waals surface area contributed by atoms with Crippen LogP contribution >= 0.6 is 15.9 Å². The summed E-state index contributed by atoms with van der Waals surface area (Å²) in [6.45, 7) is 0.759. The van der Waals surface area contributed by atoms with Crippen LogP contribution in [0.4, 0.5) is 9.18 Å². The summed E-state index contributed by atoms with van der Waals surface area (Å²) in [6.07, 6.45) is 0.454. The fourth-order valence-corrected chi connectivity index (χ4v) is 2.62. The number of amides is 2. The molecule has 0 aliphatic carbocycles. The van der Waals surface area contributed by atoms with Gasteiger partial charge in [-0.2, -0.15) is 0 Å². The van der Waals surface area contributed by atoms with Crippen LogP contribution in [0.5, 0.6) is 0 Å². The second-order valence-corrected chi connectivity index (χ2v) is 5.49. The molecule has 2 rings (SSSR count). The molecule has 2 amide bonds. The third-order valence-corrected chi connectivity index (χ3v) is 3.61. The Morgan fingerprint density at radius 3 is 2.90 bits per heavy atom. The van der Waals surface area contributed by atoms with Crippen molar-refractivity contribution in [1.29, 1.82) is 0 Å². The van der Waals surface area contributed by atoms with Crippen LogP contribution in [0, 0.1) is 5.82 Å². The number of aliphatic carboxylic acids is 1. The van der Waals surface area contributed by atoms with Crippen LogP contribution < -0.4 is 5.32 Å². The number of carboxylic acid groups (broad SMARTS) is 1. The quantitative estimate of drug-likeness (QED) is 0.882. The fraction of sp³-hybridized carbons (Fsp3) is 0.385. The van der Waals surface area contributed by atoms with Gasteiger partial charge in [-0.15, -0.1) is 0 Å². The summed E-state index contributed by atoms with van der Waals surface area (Å²) < 4.78 is 14.5. The molecule has 1 aromatic rings. The first-order chi connectivity index (χ1) is 9.47. The van der Waals surface area contributed by atoms with Crippen LogP contribution in [0.3, 0.4) is 0 Å². The first-order valence-electron chi connectivity index (χ1n) is 6.18. The number of hydrogen-bond donors (Lipinski definition) is 2. The number of carbonyl (C=O) groups excluding carboxylic acids is 1. The van der Waals surface area contributed by atoms with Crippen molar-refractivity contribution in [2.24, 2.45) is 0 Å². The maximum absolute atomic E-state index is 13.9. The van der Waals surface area contributed by atoms with Gasteiger partial charge in [0.05, 0.1) is 13.0 Å². The van der Waals surface area contributed by atoms with Crippen LogP contribution in [0.25, 0.3) is 0 Å². The number of nitrogens with zero attached hydrogens (tertiary/aromatic N) is 1. The molecule has 0 bridgehead atoms. The van der Waals surface area contributed by atoms with Crippen molar-refractivity contribution in [3.05, 3.63) is 33.5 Å². The zero-order valence-electron chi connectivity index (χ0n) is 10.7. The van der Waals surface area contributed by atoms with E-state index in [1.54, 1.807) is 0 Å². The second-order valence-electron chi connectivity index (χ2n) is 4.57. The van der Waals surface area contributed by atoms with E-state index < -0.39 is 5.97 Å². The Kier molecular flexibility index (Phi) is 4.59. The van der Waals surface area contributed by atoms with Crippen molar-refractivity contribution in [3.63, 3.8) is 0 Å². The normalized spacial score (nSPS) is 13.8. The van der Waals surface area contributed by atoms with Crippen LogP contribution in [-0.4, -0.2) is 35.1 Å². The van der Waals surface area contributed by atoms with Crippen molar-refractivity contribution in [2.75, 3.05) is 13.1 Å². The lowest BCUT2D eigenvalue weighted by molar-refractivity contribution is -0.136. The third kappa shape index (κ3) is 3.47. The SMILES string of the molecule is O=C(O)CCNC(=O)N1CCc2cc(Br)cc(F)c2C1. The van der Waals surface area contributed by atoms with E-state index in [1.807, 2.05) is 6.07 Å². The van der Waals surface area contributed by atoms with Gasteiger partial charge in [0.25, 0.3) is 0 Å². The van der Waals surface area contributed by atoms with Crippen LogP contribution in [0.1, 0.15) is 17.5 Å². The average molecular weight is 345 g/mol. The highest BCUT2D eigenvalue weighted by Crippen LogP contribution is 2.25.